The number of hydrogen-bond acceptors (Lipinski definition) is 4. The van der Waals surface area contributed by atoms with Crippen LogP contribution in [-0.2, 0) is 0 Å². The van der Waals surface area contributed by atoms with E-state index in [2.05, 4.69) is 22.4 Å². The number of carbonyl (C=O) groups is 1. The first-order valence-corrected chi connectivity index (χ1v) is 5.71. The molecule has 1 aromatic heterocycles. The minimum atomic E-state index is -0.323. The number of carbonyl (C=O) groups excluding carboxylic acids is 1. The number of rotatable bonds is 6. The van der Waals surface area contributed by atoms with Crippen molar-refractivity contribution in [1.82, 2.24) is 15.5 Å². The van der Waals surface area contributed by atoms with E-state index in [9.17, 15) is 9.59 Å². The Morgan fingerprint density at radius 3 is 2.88 bits per heavy atom. The van der Waals surface area contributed by atoms with E-state index >= 15 is 0 Å². The van der Waals surface area contributed by atoms with Crippen LogP contribution < -0.4 is 16.6 Å². The van der Waals surface area contributed by atoms with Gasteiger partial charge in [0.15, 0.2) is 0 Å². The number of amides is 1. The Kier molecular flexibility index (Phi) is 5.35. The summed E-state index contributed by atoms with van der Waals surface area (Å²) >= 11 is 0. The van der Waals surface area contributed by atoms with Crippen molar-refractivity contribution in [2.45, 2.75) is 19.8 Å². The molecule has 0 saturated carbocycles. The van der Waals surface area contributed by atoms with Crippen LogP contribution in [0.2, 0.25) is 0 Å². The molecule has 4 N–H and O–H groups in total. The Bertz CT molecular complexity index is 396. The van der Waals surface area contributed by atoms with Gasteiger partial charge in [0.2, 0.25) is 0 Å². The lowest BCUT2D eigenvalue weighted by molar-refractivity contribution is 0.0940. The molecule has 0 saturated heterocycles. The molecule has 1 amide bonds. The molecule has 0 aliphatic rings. The van der Waals surface area contributed by atoms with E-state index in [-0.39, 0.29) is 17.2 Å². The van der Waals surface area contributed by atoms with Gasteiger partial charge in [0.05, 0.1) is 0 Å². The van der Waals surface area contributed by atoms with Gasteiger partial charge in [0, 0.05) is 12.6 Å². The summed E-state index contributed by atoms with van der Waals surface area (Å²) in [6.07, 6.45) is 1.85. The maximum atomic E-state index is 11.7. The summed E-state index contributed by atoms with van der Waals surface area (Å²) in [6, 6.07) is 2.68. The third-order valence-electron chi connectivity index (χ3n) is 2.62. The van der Waals surface area contributed by atoms with E-state index in [4.69, 9.17) is 5.73 Å². The summed E-state index contributed by atoms with van der Waals surface area (Å²) in [5.74, 6) is 0.100. The number of nitrogens with two attached hydrogens (primary N) is 1. The third kappa shape index (κ3) is 4.36. The van der Waals surface area contributed by atoms with Crippen molar-refractivity contribution in [2.75, 3.05) is 13.1 Å². The van der Waals surface area contributed by atoms with Crippen molar-refractivity contribution < 1.29 is 4.79 Å². The lowest BCUT2D eigenvalue weighted by atomic mass is 10.0. The zero-order chi connectivity index (χ0) is 12.7. The molecule has 6 heteroatoms. The highest BCUT2D eigenvalue weighted by molar-refractivity contribution is 5.91. The Hall–Kier alpha value is -1.69. The number of nitrogens with one attached hydrogen (secondary N) is 2. The van der Waals surface area contributed by atoms with Crippen LogP contribution in [0.3, 0.4) is 0 Å². The molecular formula is C11H18N4O2. The van der Waals surface area contributed by atoms with Crippen molar-refractivity contribution in [3.05, 3.63) is 28.2 Å². The lowest BCUT2D eigenvalue weighted by Gasteiger charge is -2.14. The summed E-state index contributed by atoms with van der Waals surface area (Å²) in [5, 5.41) is 8.65. The zero-order valence-electron chi connectivity index (χ0n) is 9.90. The fraction of sp³-hybridized carbons (Fsp3) is 0.545. The van der Waals surface area contributed by atoms with E-state index in [0.717, 1.165) is 12.8 Å². The highest BCUT2D eigenvalue weighted by Crippen LogP contribution is 2.05. The number of H-pyrrole nitrogens is 1. The number of nitrogens with zero attached hydrogens (tertiary/aromatic N) is 1. The largest absolute Gasteiger partial charge is 0.350 e. The van der Waals surface area contributed by atoms with Gasteiger partial charge >= 0.3 is 0 Å². The van der Waals surface area contributed by atoms with Crippen LogP contribution in [0.4, 0.5) is 0 Å². The summed E-state index contributed by atoms with van der Waals surface area (Å²) in [5.41, 5.74) is 5.37. The highest BCUT2D eigenvalue weighted by atomic mass is 16.2. The predicted octanol–water partition coefficient (Wildman–Crippen LogP) is -0.125. The monoisotopic (exact) mass is 238 g/mol. The first kappa shape index (κ1) is 13.4. The van der Waals surface area contributed by atoms with Crippen LogP contribution in [0, 0.1) is 5.92 Å². The van der Waals surface area contributed by atoms with Gasteiger partial charge in [-0.2, -0.15) is 5.10 Å². The molecule has 1 atom stereocenters. The highest BCUT2D eigenvalue weighted by Gasteiger charge is 2.10. The molecule has 1 rings (SSSR count). The Balaban J connectivity index is 2.49. The van der Waals surface area contributed by atoms with Gasteiger partial charge in [-0.15, -0.1) is 0 Å². The third-order valence-corrected chi connectivity index (χ3v) is 2.62. The second-order valence-corrected chi connectivity index (χ2v) is 3.87. The molecular weight excluding hydrogens is 220 g/mol. The van der Waals surface area contributed by atoms with Crippen molar-refractivity contribution in [1.29, 1.82) is 0 Å². The maximum Gasteiger partial charge on any atom is 0.271 e. The quantitative estimate of drug-likeness (QED) is 0.642. The van der Waals surface area contributed by atoms with E-state index in [1.807, 2.05) is 0 Å². The molecule has 17 heavy (non-hydrogen) atoms. The van der Waals surface area contributed by atoms with E-state index in [0.29, 0.717) is 19.0 Å². The Morgan fingerprint density at radius 2 is 2.35 bits per heavy atom. The molecule has 1 heterocycles. The van der Waals surface area contributed by atoms with Crippen LogP contribution in [0.1, 0.15) is 30.3 Å². The molecule has 94 valence electrons. The first-order chi connectivity index (χ1) is 8.17. The molecule has 0 aromatic carbocycles. The molecule has 0 spiro atoms. The summed E-state index contributed by atoms with van der Waals surface area (Å²) in [6.45, 7) is 3.25. The number of aromatic nitrogens is 2. The van der Waals surface area contributed by atoms with E-state index in [1.54, 1.807) is 0 Å². The second-order valence-electron chi connectivity index (χ2n) is 3.87. The SMILES string of the molecule is CCC(CCN)CNC(=O)c1ccc(=O)[nH]n1. The van der Waals surface area contributed by atoms with Crippen LogP contribution in [0.5, 0.6) is 0 Å². The average Bonchev–Trinajstić information content (AvgIpc) is 2.35. The fourth-order valence-corrected chi connectivity index (χ4v) is 1.48. The first-order valence-electron chi connectivity index (χ1n) is 5.71. The minimum absolute atomic E-state index is 0.215. The standard InChI is InChI=1S/C11H18N4O2/c1-2-8(5-6-12)7-13-11(17)9-3-4-10(16)15-14-9/h3-4,8H,2,5-7,12H2,1H3,(H,13,17)(H,15,16). The lowest BCUT2D eigenvalue weighted by Crippen LogP contribution is -2.31. The predicted molar refractivity (Wildman–Crippen MR) is 64.6 cm³/mol. The van der Waals surface area contributed by atoms with Gasteiger partial charge in [-0.1, -0.05) is 13.3 Å². The molecule has 0 radical (unpaired) electrons. The fourth-order valence-electron chi connectivity index (χ4n) is 1.48. The molecule has 0 aliphatic carbocycles. The van der Waals surface area contributed by atoms with Gasteiger partial charge < -0.3 is 11.1 Å². The second kappa shape index (κ2) is 6.80. The topological polar surface area (TPSA) is 101 Å². The molecule has 1 aromatic rings. The Morgan fingerprint density at radius 1 is 1.59 bits per heavy atom. The van der Waals surface area contributed by atoms with E-state index in [1.165, 1.54) is 12.1 Å². The molecule has 0 aliphatic heterocycles. The number of hydrogen-bond donors (Lipinski definition) is 3. The van der Waals surface area contributed by atoms with Gasteiger partial charge in [-0.3, -0.25) is 9.59 Å². The molecule has 1 unspecified atom stereocenters. The normalized spacial score (nSPS) is 12.1. The summed E-state index contributed by atoms with van der Waals surface area (Å²) < 4.78 is 0. The molecule has 0 bridgehead atoms. The van der Waals surface area contributed by atoms with Crippen molar-refractivity contribution >= 4 is 5.91 Å². The van der Waals surface area contributed by atoms with E-state index < -0.39 is 0 Å². The number of aromatic amines is 1. The molecule has 6 nitrogen and oxygen atoms in total. The van der Waals surface area contributed by atoms with Crippen molar-refractivity contribution in [2.24, 2.45) is 11.7 Å². The van der Waals surface area contributed by atoms with Crippen LogP contribution in [0.15, 0.2) is 16.9 Å². The van der Waals surface area contributed by atoms with Crippen LogP contribution in [-0.4, -0.2) is 29.2 Å². The summed E-state index contributed by atoms with van der Waals surface area (Å²) in [4.78, 5) is 22.4. The van der Waals surface area contributed by atoms with Crippen LogP contribution >= 0.6 is 0 Å². The minimum Gasteiger partial charge on any atom is -0.350 e. The Labute approximate surface area is 99.6 Å². The van der Waals surface area contributed by atoms with Crippen LogP contribution in [0.25, 0.3) is 0 Å². The average molecular weight is 238 g/mol. The zero-order valence-corrected chi connectivity index (χ0v) is 9.90. The van der Waals surface area contributed by atoms with Gasteiger partial charge in [-0.05, 0) is 24.9 Å². The smallest absolute Gasteiger partial charge is 0.271 e. The van der Waals surface area contributed by atoms with Gasteiger partial charge in [0.1, 0.15) is 5.69 Å². The van der Waals surface area contributed by atoms with Crippen molar-refractivity contribution in [3.63, 3.8) is 0 Å². The van der Waals surface area contributed by atoms with Gasteiger partial charge in [0.25, 0.3) is 11.5 Å². The maximum absolute atomic E-state index is 11.7. The summed E-state index contributed by atoms with van der Waals surface area (Å²) in [7, 11) is 0. The van der Waals surface area contributed by atoms with Crippen molar-refractivity contribution in [3.8, 4) is 0 Å². The molecule has 0 fully saturated rings. The van der Waals surface area contributed by atoms with Gasteiger partial charge in [-0.25, -0.2) is 5.10 Å².